The van der Waals surface area contributed by atoms with Gasteiger partial charge in [0.05, 0.1) is 24.3 Å². The molecular weight excluding hydrogens is 424 g/mol. The van der Waals surface area contributed by atoms with Gasteiger partial charge in [-0.15, -0.1) is 10.2 Å². The number of phenolic OH excluding ortho intramolecular Hbond substituents is 1. The summed E-state index contributed by atoms with van der Waals surface area (Å²) in [5, 5.41) is 31.9. The van der Waals surface area contributed by atoms with Crippen LogP contribution in [-0.2, 0) is 19.4 Å². The van der Waals surface area contributed by atoms with E-state index >= 15 is 0 Å². The number of rotatable bonds is 12. The van der Waals surface area contributed by atoms with Gasteiger partial charge < -0.3 is 14.9 Å². The molecule has 3 aromatic rings. The lowest BCUT2D eigenvalue weighted by Crippen LogP contribution is -2.07. The van der Waals surface area contributed by atoms with Gasteiger partial charge in [0, 0.05) is 12.0 Å². The Morgan fingerprint density at radius 1 is 1.09 bits per heavy atom. The Labute approximate surface area is 192 Å². The van der Waals surface area contributed by atoms with Crippen molar-refractivity contribution in [1.82, 2.24) is 20.2 Å². The second-order valence-corrected chi connectivity index (χ2v) is 7.78. The molecule has 33 heavy (non-hydrogen) atoms. The number of carbonyl (C=O) groups excluding carboxylic acids is 1. The summed E-state index contributed by atoms with van der Waals surface area (Å²) in [6.45, 7) is 4.50. The number of carbonyl (C=O) groups is 2. The highest BCUT2D eigenvalue weighted by atomic mass is 16.5. The highest BCUT2D eigenvalue weighted by Crippen LogP contribution is 2.33. The molecule has 0 aliphatic rings. The van der Waals surface area contributed by atoms with Crippen molar-refractivity contribution in [3.05, 3.63) is 64.5 Å². The number of aryl methyl sites for hydroxylation is 1. The SMILES string of the molecule is CCCc1c(OCCCCn2nnc(Cc3ccc(C(=O)O)cc3)n2)ccc(C(C)=O)c1O. The molecule has 9 heteroatoms. The third-order valence-corrected chi connectivity index (χ3v) is 5.19. The van der Waals surface area contributed by atoms with Crippen molar-refractivity contribution in [3.63, 3.8) is 0 Å². The minimum Gasteiger partial charge on any atom is -0.507 e. The van der Waals surface area contributed by atoms with Crippen LogP contribution in [0.1, 0.15) is 70.8 Å². The van der Waals surface area contributed by atoms with E-state index in [0.29, 0.717) is 48.7 Å². The molecule has 2 aromatic carbocycles. The standard InChI is InChI=1S/C24H28N4O5/c1-3-6-20-21(12-11-19(16(2)29)23(20)30)33-14-5-4-13-28-26-22(25-27-28)15-17-7-9-18(10-8-17)24(31)32/h7-12,30H,3-6,13-15H2,1-2H3,(H,31,32). The Morgan fingerprint density at radius 2 is 1.85 bits per heavy atom. The Hall–Kier alpha value is -3.75. The van der Waals surface area contributed by atoms with Gasteiger partial charge in [-0.3, -0.25) is 4.79 Å². The first-order chi connectivity index (χ1) is 15.9. The smallest absolute Gasteiger partial charge is 0.335 e. The Kier molecular flexibility index (Phi) is 8.12. The lowest BCUT2D eigenvalue weighted by molar-refractivity contribution is 0.0696. The van der Waals surface area contributed by atoms with Crippen molar-refractivity contribution < 1.29 is 24.5 Å². The number of Topliss-reactive ketones (excluding diaryl/α,β-unsaturated/α-hetero) is 1. The largest absolute Gasteiger partial charge is 0.507 e. The van der Waals surface area contributed by atoms with E-state index in [1.807, 2.05) is 6.92 Å². The quantitative estimate of drug-likeness (QED) is 0.315. The lowest BCUT2D eigenvalue weighted by atomic mass is 10.0. The number of benzene rings is 2. The predicted octanol–water partition coefficient (Wildman–Crippen LogP) is 3.68. The molecule has 3 rings (SSSR count). The summed E-state index contributed by atoms with van der Waals surface area (Å²) in [6.07, 6.45) is 3.48. The first-order valence-corrected chi connectivity index (χ1v) is 11.0. The van der Waals surface area contributed by atoms with Gasteiger partial charge in [-0.05, 0) is 61.2 Å². The van der Waals surface area contributed by atoms with Crippen LogP contribution in [-0.4, -0.2) is 48.8 Å². The monoisotopic (exact) mass is 452 g/mol. The van der Waals surface area contributed by atoms with Crippen molar-refractivity contribution in [2.24, 2.45) is 0 Å². The van der Waals surface area contributed by atoms with Crippen molar-refractivity contribution in [2.75, 3.05) is 6.61 Å². The summed E-state index contributed by atoms with van der Waals surface area (Å²) in [4.78, 5) is 24.1. The number of aromatic nitrogens is 4. The highest BCUT2D eigenvalue weighted by molar-refractivity contribution is 5.97. The molecule has 0 saturated carbocycles. The van der Waals surface area contributed by atoms with Crippen LogP contribution in [0.4, 0.5) is 0 Å². The molecule has 0 aliphatic carbocycles. The minimum absolute atomic E-state index is 0.0128. The number of nitrogens with zero attached hydrogens (tertiary/aromatic N) is 4. The number of ketones is 1. The van der Waals surface area contributed by atoms with Crippen LogP contribution in [0.2, 0.25) is 0 Å². The van der Waals surface area contributed by atoms with Crippen LogP contribution in [0.15, 0.2) is 36.4 Å². The average molecular weight is 453 g/mol. The van der Waals surface area contributed by atoms with Gasteiger partial charge in [-0.25, -0.2) is 4.79 Å². The van der Waals surface area contributed by atoms with Crippen molar-refractivity contribution in [2.45, 2.75) is 52.5 Å². The Balaban J connectivity index is 1.47. The fourth-order valence-electron chi connectivity index (χ4n) is 3.46. The first-order valence-electron chi connectivity index (χ1n) is 11.0. The van der Waals surface area contributed by atoms with E-state index in [0.717, 1.165) is 24.8 Å². The molecule has 1 heterocycles. The molecule has 0 radical (unpaired) electrons. The number of tetrazole rings is 1. The molecule has 9 nitrogen and oxygen atoms in total. The van der Waals surface area contributed by atoms with E-state index in [9.17, 15) is 14.7 Å². The van der Waals surface area contributed by atoms with Crippen LogP contribution in [0.25, 0.3) is 0 Å². The number of phenols is 1. The van der Waals surface area contributed by atoms with Crippen molar-refractivity contribution >= 4 is 11.8 Å². The zero-order valence-electron chi connectivity index (χ0n) is 18.8. The lowest BCUT2D eigenvalue weighted by Gasteiger charge is -2.14. The van der Waals surface area contributed by atoms with Gasteiger partial charge >= 0.3 is 5.97 Å². The Bertz CT molecular complexity index is 1110. The van der Waals surface area contributed by atoms with Crippen molar-refractivity contribution in [1.29, 1.82) is 0 Å². The van der Waals surface area contributed by atoms with Crippen LogP contribution in [0.3, 0.4) is 0 Å². The summed E-state index contributed by atoms with van der Waals surface area (Å²) in [5.74, 6) is 0.0576. The summed E-state index contributed by atoms with van der Waals surface area (Å²) >= 11 is 0. The zero-order valence-corrected chi connectivity index (χ0v) is 18.8. The molecular formula is C24H28N4O5. The van der Waals surface area contributed by atoms with Gasteiger partial charge in [0.25, 0.3) is 0 Å². The van der Waals surface area contributed by atoms with Crippen molar-refractivity contribution in [3.8, 4) is 11.5 Å². The second kappa shape index (κ2) is 11.2. The number of unbranched alkanes of at least 4 members (excludes halogenated alkanes) is 1. The van der Waals surface area contributed by atoms with Crippen LogP contribution in [0, 0.1) is 0 Å². The van der Waals surface area contributed by atoms with E-state index in [-0.39, 0.29) is 17.1 Å². The molecule has 2 N–H and O–H groups in total. The van der Waals surface area contributed by atoms with E-state index in [1.165, 1.54) is 11.7 Å². The molecule has 0 unspecified atom stereocenters. The van der Waals surface area contributed by atoms with Gasteiger partial charge in [0.1, 0.15) is 11.5 Å². The summed E-state index contributed by atoms with van der Waals surface area (Å²) in [6, 6.07) is 9.95. The number of hydrogen-bond donors (Lipinski definition) is 2. The number of aromatic carboxylic acids is 1. The number of carboxylic acids is 1. The topological polar surface area (TPSA) is 127 Å². The maximum Gasteiger partial charge on any atom is 0.335 e. The summed E-state index contributed by atoms with van der Waals surface area (Å²) in [7, 11) is 0. The first kappa shape index (κ1) is 23.9. The number of carboxylic acid groups (broad SMARTS) is 1. The fraction of sp³-hybridized carbons (Fsp3) is 0.375. The fourth-order valence-corrected chi connectivity index (χ4v) is 3.46. The van der Waals surface area contributed by atoms with E-state index in [4.69, 9.17) is 9.84 Å². The summed E-state index contributed by atoms with van der Waals surface area (Å²) in [5.41, 5.74) is 2.14. The van der Waals surface area contributed by atoms with Crippen LogP contribution < -0.4 is 4.74 Å². The van der Waals surface area contributed by atoms with E-state index < -0.39 is 5.97 Å². The average Bonchev–Trinajstić information content (AvgIpc) is 3.23. The van der Waals surface area contributed by atoms with Crippen LogP contribution in [0.5, 0.6) is 11.5 Å². The summed E-state index contributed by atoms with van der Waals surface area (Å²) < 4.78 is 5.88. The number of hydrogen-bond acceptors (Lipinski definition) is 7. The zero-order chi connectivity index (χ0) is 23.8. The van der Waals surface area contributed by atoms with Gasteiger partial charge in [0.15, 0.2) is 11.6 Å². The maximum atomic E-state index is 11.7. The van der Waals surface area contributed by atoms with Gasteiger partial charge in [-0.2, -0.15) is 4.80 Å². The minimum atomic E-state index is -0.957. The molecule has 0 aliphatic heterocycles. The van der Waals surface area contributed by atoms with E-state index in [2.05, 4.69) is 15.4 Å². The molecule has 0 bridgehead atoms. The number of ether oxygens (including phenoxy) is 1. The van der Waals surface area contributed by atoms with Crippen LogP contribution >= 0.6 is 0 Å². The molecule has 1 aromatic heterocycles. The molecule has 0 saturated heterocycles. The predicted molar refractivity (Wildman–Crippen MR) is 121 cm³/mol. The third-order valence-electron chi connectivity index (χ3n) is 5.19. The molecule has 0 atom stereocenters. The second-order valence-electron chi connectivity index (χ2n) is 7.78. The number of aromatic hydroxyl groups is 1. The van der Waals surface area contributed by atoms with Gasteiger partial charge in [-0.1, -0.05) is 25.5 Å². The normalized spacial score (nSPS) is 10.8. The molecule has 174 valence electrons. The molecule has 0 amide bonds. The Morgan fingerprint density at radius 3 is 2.52 bits per heavy atom. The highest BCUT2D eigenvalue weighted by Gasteiger charge is 2.15. The molecule has 0 spiro atoms. The van der Waals surface area contributed by atoms with E-state index in [1.54, 1.807) is 36.4 Å². The third kappa shape index (κ3) is 6.38. The molecule has 0 fully saturated rings. The van der Waals surface area contributed by atoms with Gasteiger partial charge in [0.2, 0.25) is 0 Å². The maximum absolute atomic E-state index is 11.7.